The van der Waals surface area contributed by atoms with Gasteiger partial charge in [-0.05, 0) is 93.3 Å². The minimum absolute atomic E-state index is 0.0256. The van der Waals surface area contributed by atoms with E-state index in [2.05, 4.69) is 5.32 Å². The number of carboxylic acid groups (broad SMARTS) is 1. The largest absolute Gasteiger partial charge is 0.508 e. The number of ether oxygens (including phenoxy) is 3. The number of hydrogen-bond donors (Lipinski definition) is 5. The Kier molecular flexibility index (Phi) is 9.62. The Hall–Kier alpha value is -2.69. The molecule has 2 aromatic rings. The topological polar surface area (TPSA) is 138 Å². The van der Waals surface area contributed by atoms with Crippen LogP contribution in [0.15, 0.2) is 36.4 Å². The summed E-state index contributed by atoms with van der Waals surface area (Å²) in [4.78, 5) is 12.1. The molecule has 9 heteroatoms. The molecule has 2 aliphatic rings. The molecule has 208 valence electrons. The summed E-state index contributed by atoms with van der Waals surface area (Å²) in [6.07, 6.45) is 1.74. The maximum atomic E-state index is 12.1. The Labute approximate surface area is 223 Å². The first-order chi connectivity index (χ1) is 18.2. The number of aryl methyl sites for hydroxylation is 2. The summed E-state index contributed by atoms with van der Waals surface area (Å²) in [5.41, 5.74) is 2.74. The molecule has 0 amide bonds. The second-order valence-electron chi connectivity index (χ2n) is 10.5. The number of hydrogen-bond acceptors (Lipinski definition) is 8. The highest BCUT2D eigenvalue weighted by molar-refractivity contribution is 5.74. The van der Waals surface area contributed by atoms with Crippen LogP contribution in [0.25, 0.3) is 0 Å². The summed E-state index contributed by atoms with van der Waals surface area (Å²) in [6, 6.07) is 9.82. The lowest BCUT2D eigenvalue weighted by Gasteiger charge is -2.35. The Morgan fingerprint density at radius 3 is 2.34 bits per heavy atom. The van der Waals surface area contributed by atoms with Crippen LogP contribution < -0.4 is 10.1 Å². The molecule has 0 radical (unpaired) electrons. The molecule has 38 heavy (non-hydrogen) atoms. The molecule has 1 saturated carbocycles. The number of carboxylic acids is 1. The zero-order chi connectivity index (χ0) is 27.2. The molecule has 1 aliphatic carbocycles. The third-order valence-corrected chi connectivity index (χ3v) is 7.44. The molecule has 0 bridgehead atoms. The normalized spacial score (nSPS) is 26.6. The molecule has 1 saturated heterocycles. The molecule has 2 fully saturated rings. The van der Waals surface area contributed by atoms with E-state index in [0.717, 1.165) is 48.1 Å². The molecule has 5 N–H and O–H groups in total. The molecule has 1 heterocycles. The monoisotopic (exact) mass is 529 g/mol. The summed E-state index contributed by atoms with van der Waals surface area (Å²) < 4.78 is 17.5. The number of aliphatic hydroxyl groups excluding tert-OH is 2. The summed E-state index contributed by atoms with van der Waals surface area (Å²) in [5.74, 6) is 0.624. The predicted octanol–water partition coefficient (Wildman–Crippen LogP) is 3.23. The third-order valence-electron chi connectivity index (χ3n) is 7.44. The first-order valence-corrected chi connectivity index (χ1v) is 13.3. The second kappa shape index (κ2) is 12.9. The zero-order valence-electron chi connectivity index (χ0n) is 22.0. The van der Waals surface area contributed by atoms with E-state index >= 15 is 0 Å². The fraction of sp³-hybridized carbons (Fsp3) is 0.552. The van der Waals surface area contributed by atoms with Crippen molar-refractivity contribution in [3.8, 4) is 17.2 Å². The molecule has 4 atom stereocenters. The van der Waals surface area contributed by atoms with Crippen LogP contribution in [0.3, 0.4) is 0 Å². The smallest absolute Gasteiger partial charge is 0.321 e. The first-order valence-electron chi connectivity index (χ1n) is 13.3. The zero-order valence-corrected chi connectivity index (χ0v) is 22.0. The lowest BCUT2D eigenvalue weighted by molar-refractivity contribution is -0.163. The van der Waals surface area contributed by atoms with Gasteiger partial charge in [-0.1, -0.05) is 12.1 Å². The number of nitrogens with one attached hydrogen (secondary N) is 1. The maximum absolute atomic E-state index is 12.1. The lowest BCUT2D eigenvalue weighted by atomic mass is 9.91. The lowest BCUT2D eigenvalue weighted by Crippen LogP contribution is -2.48. The van der Waals surface area contributed by atoms with Crippen molar-refractivity contribution < 1.29 is 39.4 Å². The highest BCUT2D eigenvalue weighted by atomic mass is 16.5. The van der Waals surface area contributed by atoms with E-state index < -0.39 is 30.3 Å². The van der Waals surface area contributed by atoms with Crippen LogP contribution in [0.4, 0.5) is 0 Å². The number of phenols is 1. The van der Waals surface area contributed by atoms with Gasteiger partial charge in [0.15, 0.2) is 0 Å². The summed E-state index contributed by atoms with van der Waals surface area (Å²) >= 11 is 0. The quantitative estimate of drug-likeness (QED) is 0.314. The van der Waals surface area contributed by atoms with Gasteiger partial charge in [-0.2, -0.15) is 0 Å². The molecular formula is C29H39NO8. The van der Waals surface area contributed by atoms with Crippen molar-refractivity contribution in [3.63, 3.8) is 0 Å². The van der Waals surface area contributed by atoms with E-state index in [-0.39, 0.29) is 24.5 Å². The highest BCUT2D eigenvalue weighted by Crippen LogP contribution is 2.31. The average molecular weight is 530 g/mol. The first kappa shape index (κ1) is 28.3. The molecular weight excluding hydrogens is 490 g/mol. The van der Waals surface area contributed by atoms with Crippen LogP contribution in [-0.4, -0.2) is 76.1 Å². The number of benzene rings is 2. The van der Waals surface area contributed by atoms with Crippen molar-refractivity contribution in [3.05, 3.63) is 53.1 Å². The number of phenolic OH excluding ortho intramolecular Hbond substituents is 1. The van der Waals surface area contributed by atoms with Crippen LogP contribution >= 0.6 is 0 Å². The summed E-state index contributed by atoms with van der Waals surface area (Å²) in [5, 5.41) is 42.6. The van der Waals surface area contributed by atoms with E-state index in [9.17, 15) is 25.2 Å². The fourth-order valence-electron chi connectivity index (χ4n) is 5.32. The van der Waals surface area contributed by atoms with Crippen molar-refractivity contribution in [2.75, 3.05) is 13.2 Å². The molecule has 2 aromatic carbocycles. The van der Waals surface area contributed by atoms with Gasteiger partial charge < -0.3 is 40.0 Å². The molecule has 1 aliphatic heterocycles. The van der Waals surface area contributed by atoms with Crippen LogP contribution in [0, 0.1) is 13.8 Å². The third kappa shape index (κ3) is 7.45. The van der Waals surface area contributed by atoms with Gasteiger partial charge in [0.05, 0.1) is 18.8 Å². The van der Waals surface area contributed by atoms with Crippen LogP contribution in [0.1, 0.15) is 48.8 Å². The molecule has 9 nitrogen and oxygen atoms in total. The number of carbonyl (C=O) groups is 1. The Morgan fingerprint density at radius 1 is 1.05 bits per heavy atom. The van der Waals surface area contributed by atoms with Gasteiger partial charge in [-0.25, -0.2) is 0 Å². The average Bonchev–Trinajstić information content (AvgIpc) is 2.88. The van der Waals surface area contributed by atoms with Crippen molar-refractivity contribution >= 4 is 5.97 Å². The van der Waals surface area contributed by atoms with Crippen molar-refractivity contribution in [2.45, 2.75) is 88.9 Å². The predicted molar refractivity (Wildman–Crippen MR) is 141 cm³/mol. The molecule has 0 aromatic heterocycles. The van der Waals surface area contributed by atoms with Crippen molar-refractivity contribution in [1.29, 1.82) is 0 Å². The summed E-state index contributed by atoms with van der Waals surface area (Å²) in [6.45, 7) is 4.53. The van der Waals surface area contributed by atoms with Gasteiger partial charge in [-0.15, -0.1) is 0 Å². The Balaban J connectivity index is 1.28. The van der Waals surface area contributed by atoms with E-state index in [1.807, 2.05) is 26.0 Å². The van der Waals surface area contributed by atoms with Crippen molar-refractivity contribution in [1.82, 2.24) is 5.32 Å². The molecule has 4 rings (SSSR count). The van der Waals surface area contributed by atoms with Crippen LogP contribution in [0.5, 0.6) is 17.2 Å². The van der Waals surface area contributed by atoms with Gasteiger partial charge >= 0.3 is 5.97 Å². The number of aliphatic carboxylic acids is 1. The van der Waals surface area contributed by atoms with E-state index in [1.165, 1.54) is 0 Å². The summed E-state index contributed by atoms with van der Waals surface area (Å²) in [7, 11) is 0. The van der Waals surface area contributed by atoms with E-state index in [4.69, 9.17) is 14.2 Å². The Bertz CT molecular complexity index is 1040. The van der Waals surface area contributed by atoms with Gasteiger partial charge in [0.1, 0.15) is 35.5 Å². The highest BCUT2D eigenvalue weighted by Gasteiger charge is 2.33. The van der Waals surface area contributed by atoms with Gasteiger partial charge in [-0.3, -0.25) is 4.79 Å². The van der Waals surface area contributed by atoms with Crippen molar-refractivity contribution in [2.24, 2.45) is 0 Å². The SMILES string of the molecule is Cc1cc(CC(NC2CCC(OCC3OCCC(O)C3O)CC2)C(=O)O)cc(C)c1Oc1ccc(O)cc1. The fourth-order valence-corrected chi connectivity index (χ4v) is 5.32. The van der Waals surface area contributed by atoms with Crippen LogP contribution in [-0.2, 0) is 20.7 Å². The van der Waals surface area contributed by atoms with Gasteiger partial charge in [0, 0.05) is 12.6 Å². The molecule has 0 spiro atoms. The minimum atomic E-state index is -0.932. The number of aliphatic hydroxyl groups is 2. The van der Waals surface area contributed by atoms with Crippen LogP contribution in [0.2, 0.25) is 0 Å². The van der Waals surface area contributed by atoms with E-state index in [0.29, 0.717) is 25.2 Å². The van der Waals surface area contributed by atoms with Gasteiger partial charge in [0.25, 0.3) is 0 Å². The number of aromatic hydroxyl groups is 1. The molecule has 4 unspecified atom stereocenters. The van der Waals surface area contributed by atoms with E-state index in [1.54, 1.807) is 24.3 Å². The minimum Gasteiger partial charge on any atom is -0.508 e. The van der Waals surface area contributed by atoms with Gasteiger partial charge in [0.2, 0.25) is 0 Å². The maximum Gasteiger partial charge on any atom is 0.321 e. The standard InChI is InChI=1S/C29H39NO8/c1-17-13-19(14-18(2)28(17)38-23-9-5-21(31)6-10-23)15-24(29(34)35)30-20-3-7-22(8-4-20)37-16-26-27(33)25(32)11-12-36-26/h5-6,9-10,13-14,20,22,24-27,30-33H,3-4,7-8,11-12,15-16H2,1-2H3,(H,34,35). The Morgan fingerprint density at radius 2 is 1.71 bits per heavy atom. The second-order valence-corrected chi connectivity index (χ2v) is 10.5. The number of rotatable bonds is 10.